The quantitative estimate of drug-likeness (QED) is 0.644. The Balaban J connectivity index is 2.33. The number of aromatic nitrogens is 1. The summed E-state index contributed by atoms with van der Waals surface area (Å²) in [6, 6.07) is 7.97. The lowest BCUT2D eigenvalue weighted by Crippen LogP contribution is -2.50. The minimum atomic E-state index is -1.27. The fraction of sp³-hybridized carbons (Fsp3) is 0.500. The van der Waals surface area contributed by atoms with Gasteiger partial charge in [0.1, 0.15) is 5.54 Å². The van der Waals surface area contributed by atoms with Crippen LogP contribution < -0.4 is 5.73 Å². The van der Waals surface area contributed by atoms with Gasteiger partial charge in [0.15, 0.2) is 0 Å². The second kappa shape index (κ2) is 6.97. The molecule has 22 heavy (non-hydrogen) atoms. The van der Waals surface area contributed by atoms with E-state index in [9.17, 15) is 9.90 Å². The van der Waals surface area contributed by atoms with E-state index in [1.807, 2.05) is 30.5 Å². The van der Waals surface area contributed by atoms with E-state index in [0.717, 1.165) is 42.1 Å². The summed E-state index contributed by atoms with van der Waals surface area (Å²) in [5.41, 5.74) is 6.96. The van der Waals surface area contributed by atoms with E-state index in [-0.39, 0.29) is 5.92 Å². The number of benzene rings is 1. The van der Waals surface area contributed by atoms with Gasteiger partial charge in [0.05, 0.1) is 0 Å². The minimum absolute atomic E-state index is 0.196. The number of fused-ring (bicyclic) bond motifs is 1. The van der Waals surface area contributed by atoms with Crippen molar-refractivity contribution in [3.63, 3.8) is 0 Å². The summed E-state index contributed by atoms with van der Waals surface area (Å²) in [5.74, 6) is -1.14. The number of carboxylic acids is 1. The molecule has 2 aromatic rings. The van der Waals surface area contributed by atoms with Crippen molar-refractivity contribution in [2.75, 3.05) is 0 Å². The highest BCUT2D eigenvalue weighted by Gasteiger charge is 2.39. The molecule has 0 spiro atoms. The van der Waals surface area contributed by atoms with Crippen LogP contribution in [0.5, 0.6) is 0 Å². The zero-order valence-electron chi connectivity index (χ0n) is 13.4. The first-order valence-corrected chi connectivity index (χ1v) is 8.06. The second-order valence-corrected chi connectivity index (χ2v) is 6.28. The largest absolute Gasteiger partial charge is 0.480 e. The number of para-hydroxylation sites is 1. The minimum Gasteiger partial charge on any atom is -0.480 e. The highest BCUT2D eigenvalue weighted by Crippen LogP contribution is 2.36. The lowest BCUT2D eigenvalue weighted by Gasteiger charge is -2.30. The van der Waals surface area contributed by atoms with Crippen LogP contribution in [0, 0.1) is 0 Å². The molecule has 0 saturated heterocycles. The third-order valence-electron chi connectivity index (χ3n) is 4.53. The molecule has 4 heteroatoms. The number of rotatable bonds is 8. The zero-order valence-corrected chi connectivity index (χ0v) is 13.4. The van der Waals surface area contributed by atoms with E-state index in [4.69, 9.17) is 5.73 Å². The summed E-state index contributed by atoms with van der Waals surface area (Å²) in [5, 5.41) is 10.6. The van der Waals surface area contributed by atoms with Crippen LogP contribution in [0.1, 0.15) is 57.4 Å². The van der Waals surface area contributed by atoms with Crippen molar-refractivity contribution in [2.24, 2.45) is 5.73 Å². The van der Waals surface area contributed by atoms with Gasteiger partial charge in [0.25, 0.3) is 0 Å². The molecule has 1 aromatic carbocycles. The third-order valence-corrected chi connectivity index (χ3v) is 4.53. The number of nitrogens with two attached hydrogens (primary N) is 1. The van der Waals surface area contributed by atoms with Gasteiger partial charge < -0.3 is 15.8 Å². The van der Waals surface area contributed by atoms with Crippen LogP contribution in [-0.4, -0.2) is 21.6 Å². The first-order valence-electron chi connectivity index (χ1n) is 8.06. The lowest BCUT2D eigenvalue weighted by atomic mass is 9.78. The molecule has 4 N–H and O–H groups in total. The molecule has 0 aliphatic heterocycles. The summed E-state index contributed by atoms with van der Waals surface area (Å²) >= 11 is 0. The molecular formula is C18H26N2O2. The summed E-state index contributed by atoms with van der Waals surface area (Å²) in [6.07, 6.45) is 7.17. The van der Waals surface area contributed by atoms with Crippen LogP contribution >= 0.6 is 0 Å². The van der Waals surface area contributed by atoms with Crippen molar-refractivity contribution in [1.29, 1.82) is 0 Å². The Hall–Kier alpha value is -1.81. The standard InChI is InChI=1S/C18H26N2O2/c1-3-4-5-6-10-15(18(2,19)17(21)22)14-12-20-16-11-8-7-9-13(14)16/h7-9,11-12,15,20H,3-6,10,19H2,1-2H3,(H,21,22). The smallest absolute Gasteiger partial charge is 0.324 e. The number of nitrogens with one attached hydrogen (secondary N) is 1. The predicted molar refractivity (Wildman–Crippen MR) is 90.0 cm³/mol. The molecule has 0 aliphatic carbocycles. The molecule has 2 atom stereocenters. The SMILES string of the molecule is CCCCCCC(c1c[nH]c2ccccc12)C(C)(N)C(=O)O. The van der Waals surface area contributed by atoms with Crippen molar-refractivity contribution in [3.05, 3.63) is 36.0 Å². The first-order chi connectivity index (χ1) is 10.5. The molecule has 0 amide bonds. The van der Waals surface area contributed by atoms with Crippen LogP contribution in [-0.2, 0) is 4.79 Å². The Kier molecular flexibility index (Phi) is 5.24. The van der Waals surface area contributed by atoms with E-state index in [2.05, 4.69) is 11.9 Å². The summed E-state index contributed by atoms with van der Waals surface area (Å²) in [4.78, 5) is 14.9. The van der Waals surface area contributed by atoms with E-state index >= 15 is 0 Å². The van der Waals surface area contributed by atoms with Crippen molar-refractivity contribution >= 4 is 16.9 Å². The number of aliphatic carboxylic acids is 1. The van der Waals surface area contributed by atoms with Gasteiger partial charge in [-0.3, -0.25) is 4.79 Å². The molecule has 2 unspecified atom stereocenters. The number of carboxylic acid groups (broad SMARTS) is 1. The Morgan fingerprint density at radius 3 is 2.73 bits per heavy atom. The van der Waals surface area contributed by atoms with Crippen LogP contribution in [0.4, 0.5) is 0 Å². The predicted octanol–water partition coefficient (Wildman–Crippen LogP) is 4.02. The van der Waals surface area contributed by atoms with Gasteiger partial charge in [-0.05, 0) is 25.0 Å². The lowest BCUT2D eigenvalue weighted by molar-refractivity contribution is -0.143. The van der Waals surface area contributed by atoms with Crippen molar-refractivity contribution in [2.45, 2.75) is 57.4 Å². The molecule has 120 valence electrons. The summed E-state index contributed by atoms with van der Waals surface area (Å²) in [7, 11) is 0. The van der Waals surface area contributed by atoms with Crippen LogP contribution in [0.25, 0.3) is 10.9 Å². The number of H-pyrrole nitrogens is 1. The molecule has 2 rings (SSSR count). The highest BCUT2D eigenvalue weighted by molar-refractivity contribution is 5.86. The van der Waals surface area contributed by atoms with Gasteiger partial charge >= 0.3 is 5.97 Å². The normalized spacial score (nSPS) is 15.6. The Labute approximate surface area is 131 Å². The topological polar surface area (TPSA) is 79.1 Å². The van der Waals surface area contributed by atoms with Crippen molar-refractivity contribution in [3.8, 4) is 0 Å². The van der Waals surface area contributed by atoms with E-state index in [1.54, 1.807) is 6.92 Å². The fourth-order valence-electron chi connectivity index (χ4n) is 3.08. The van der Waals surface area contributed by atoms with Crippen LogP contribution in [0.3, 0.4) is 0 Å². The Morgan fingerprint density at radius 1 is 1.32 bits per heavy atom. The summed E-state index contributed by atoms with van der Waals surface area (Å²) < 4.78 is 0. The number of aromatic amines is 1. The van der Waals surface area contributed by atoms with Gasteiger partial charge in [-0.25, -0.2) is 0 Å². The highest BCUT2D eigenvalue weighted by atomic mass is 16.4. The van der Waals surface area contributed by atoms with Crippen molar-refractivity contribution < 1.29 is 9.90 Å². The summed E-state index contributed by atoms with van der Waals surface area (Å²) in [6.45, 7) is 3.79. The molecule has 0 bridgehead atoms. The average Bonchev–Trinajstić information content (AvgIpc) is 2.90. The molecule has 1 aromatic heterocycles. The van der Waals surface area contributed by atoms with Crippen LogP contribution in [0.15, 0.2) is 30.5 Å². The maximum Gasteiger partial charge on any atom is 0.324 e. The monoisotopic (exact) mass is 302 g/mol. The Bertz CT molecular complexity index is 631. The maximum atomic E-state index is 11.6. The maximum absolute atomic E-state index is 11.6. The molecule has 0 radical (unpaired) electrons. The van der Waals surface area contributed by atoms with Crippen LogP contribution in [0.2, 0.25) is 0 Å². The third kappa shape index (κ3) is 3.33. The molecule has 0 saturated carbocycles. The number of hydrogen-bond acceptors (Lipinski definition) is 2. The number of carbonyl (C=O) groups is 1. The fourth-order valence-corrected chi connectivity index (χ4v) is 3.08. The number of unbranched alkanes of at least 4 members (excludes halogenated alkanes) is 3. The molecule has 0 fully saturated rings. The Morgan fingerprint density at radius 2 is 2.05 bits per heavy atom. The average molecular weight is 302 g/mol. The van der Waals surface area contributed by atoms with Gasteiger partial charge in [-0.1, -0.05) is 50.8 Å². The zero-order chi connectivity index (χ0) is 16.2. The molecule has 1 heterocycles. The molecule has 4 nitrogen and oxygen atoms in total. The van der Waals surface area contributed by atoms with E-state index < -0.39 is 11.5 Å². The number of hydrogen-bond donors (Lipinski definition) is 3. The molecule has 0 aliphatic rings. The molecular weight excluding hydrogens is 276 g/mol. The van der Waals surface area contributed by atoms with Gasteiger partial charge in [-0.2, -0.15) is 0 Å². The van der Waals surface area contributed by atoms with Gasteiger partial charge in [-0.15, -0.1) is 0 Å². The van der Waals surface area contributed by atoms with Crippen molar-refractivity contribution in [1.82, 2.24) is 4.98 Å². The van der Waals surface area contributed by atoms with E-state index in [0.29, 0.717) is 0 Å². The second-order valence-electron chi connectivity index (χ2n) is 6.28. The van der Waals surface area contributed by atoms with Gasteiger partial charge in [0, 0.05) is 23.0 Å². The van der Waals surface area contributed by atoms with Gasteiger partial charge in [0.2, 0.25) is 0 Å². The van der Waals surface area contributed by atoms with E-state index in [1.165, 1.54) is 6.42 Å². The first kappa shape index (κ1) is 16.6.